The van der Waals surface area contributed by atoms with Gasteiger partial charge < -0.3 is 20.3 Å². The number of benzene rings is 3. The minimum absolute atomic E-state index is 0.0660. The summed E-state index contributed by atoms with van der Waals surface area (Å²) in [5.41, 5.74) is 3.75. The van der Waals surface area contributed by atoms with Crippen LogP contribution in [0.4, 0.5) is 4.79 Å². The van der Waals surface area contributed by atoms with Crippen LogP contribution in [-0.2, 0) is 22.6 Å². The monoisotopic (exact) mass is 433 g/mol. The molecule has 0 aliphatic carbocycles. The highest BCUT2D eigenvalue weighted by Crippen LogP contribution is 2.20. The molecule has 32 heavy (non-hydrogen) atoms. The molecule has 1 unspecified atom stereocenters. The lowest BCUT2D eigenvalue weighted by Crippen LogP contribution is -2.51. The maximum absolute atomic E-state index is 12.3. The third kappa shape index (κ3) is 6.51. The highest BCUT2D eigenvalue weighted by molar-refractivity contribution is 5.81. The Bertz CT molecular complexity index is 1010. The van der Waals surface area contributed by atoms with Crippen molar-refractivity contribution in [1.82, 2.24) is 5.32 Å². The molecular weight excluding hydrogens is 406 g/mol. The molecule has 0 fully saturated rings. The predicted molar refractivity (Wildman–Crippen MR) is 122 cm³/mol. The number of hydrogen-bond donors (Lipinski definition) is 3. The molecule has 3 rings (SSSR count). The number of ketones is 1. The zero-order valence-electron chi connectivity index (χ0n) is 17.8. The second-order valence-electron chi connectivity index (χ2n) is 7.63. The molecule has 3 N–H and O–H groups in total. The molecule has 166 valence electrons. The van der Waals surface area contributed by atoms with Crippen molar-refractivity contribution in [2.75, 3.05) is 0 Å². The number of carbonyl (C=O) groups is 2. The quantitative estimate of drug-likeness (QED) is 0.480. The first-order valence-corrected chi connectivity index (χ1v) is 10.4. The number of amides is 1. The highest BCUT2D eigenvalue weighted by Gasteiger charge is 2.31. The van der Waals surface area contributed by atoms with Crippen LogP contribution in [0, 0.1) is 0 Å². The molecule has 1 amide bonds. The summed E-state index contributed by atoms with van der Waals surface area (Å²) in [6.07, 6.45) is -3.63. The largest absolute Gasteiger partial charge is 0.445 e. The molecule has 6 heteroatoms. The van der Waals surface area contributed by atoms with E-state index >= 15 is 0 Å². The number of Topliss-reactive ketones (excluding diaryl/α,β-unsaturated/α-hetero) is 1. The Labute approximate surface area is 187 Å². The van der Waals surface area contributed by atoms with Crippen LogP contribution in [0.3, 0.4) is 0 Å². The zero-order valence-corrected chi connectivity index (χ0v) is 17.8. The third-order valence-corrected chi connectivity index (χ3v) is 5.18. The van der Waals surface area contributed by atoms with Gasteiger partial charge in [-0.25, -0.2) is 4.79 Å². The van der Waals surface area contributed by atoms with E-state index in [1.807, 2.05) is 84.9 Å². The molecule has 3 aromatic rings. The van der Waals surface area contributed by atoms with Crippen LogP contribution in [-0.4, -0.2) is 40.3 Å². The van der Waals surface area contributed by atoms with Crippen LogP contribution in [0.2, 0.25) is 0 Å². The van der Waals surface area contributed by atoms with Gasteiger partial charge in [0.25, 0.3) is 0 Å². The Balaban J connectivity index is 1.69. The summed E-state index contributed by atoms with van der Waals surface area (Å²) in [4.78, 5) is 23.9. The molecule has 0 bridgehead atoms. The van der Waals surface area contributed by atoms with Crippen molar-refractivity contribution in [2.45, 2.75) is 38.2 Å². The number of nitrogens with one attached hydrogen (secondary N) is 1. The number of aliphatic hydroxyl groups is 2. The van der Waals surface area contributed by atoms with Gasteiger partial charge in [-0.2, -0.15) is 0 Å². The Hall–Kier alpha value is -3.48. The van der Waals surface area contributed by atoms with Gasteiger partial charge in [-0.3, -0.25) is 4.79 Å². The molecule has 6 nitrogen and oxygen atoms in total. The predicted octanol–water partition coefficient (Wildman–Crippen LogP) is 3.50. The first-order valence-electron chi connectivity index (χ1n) is 10.4. The molecule has 0 heterocycles. The van der Waals surface area contributed by atoms with Gasteiger partial charge in [-0.05, 0) is 35.6 Å². The van der Waals surface area contributed by atoms with Crippen LogP contribution in [0.1, 0.15) is 18.1 Å². The fourth-order valence-corrected chi connectivity index (χ4v) is 3.35. The van der Waals surface area contributed by atoms with E-state index < -0.39 is 30.1 Å². The van der Waals surface area contributed by atoms with Crippen molar-refractivity contribution in [3.63, 3.8) is 0 Å². The SMILES string of the molecule is CC(=O)[C@H](O)[C@H](O)C(Cc1ccc(-c2ccccc2)cc1)NC(=O)OCc1ccccc1. The summed E-state index contributed by atoms with van der Waals surface area (Å²) in [6.45, 7) is 1.25. The van der Waals surface area contributed by atoms with Crippen molar-refractivity contribution < 1.29 is 24.5 Å². The van der Waals surface area contributed by atoms with E-state index in [0.29, 0.717) is 0 Å². The molecule has 3 atom stereocenters. The van der Waals surface area contributed by atoms with E-state index in [9.17, 15) is 19.8 Å². The Kier molecular flexibility index (Phi) is 8.14. The van der Waals surface area contributed by atoms with E-state index in [4.69, 9.17) is 4.74 Å². The van der Waals surface area contributed by atoms with Gasteiger partial charge in [0, 0.05) is 0 Å². The Morgan fingerprint density at radius 2 is 1.38 bits per heavy atom. The van der Waals surface area contributed by atoms with Crippen LogP contribution in [0.25, 0.3) is 11.1 Å². The van der Waals surface area contributed by atoms with Crippen LogP contribution >= 0.6 is 0 Å². The summed E-state index contributed by atoms with van der Waals surface area (Å²) in [5, 5.41) is 23.2. The number of aliphatic hydroxyl groups excluding tert-OH is 2. The lowest BCUT2D eigenvalue weighted by atomic mass is 9.95. The number of rotatable bonds is 9. The van der Waals surface area contributed by atoms with Crippen LogP contribution in [0.15, 0.2) is 84.9 Å². The normalized spacial score (nSPS) is 13.6. The van der Waals surface area contributed by atoms with Crippen molar-refractivity contribution in [3.05, 3.63) is 96.1 Å². The van der Waals surface area contributed by atoms with E-state index in [1.54, 1.807) is 0 Å². The smallest absolute Gasteiger partial charge is 0.407 e. The lowest BCUT2D eigenvalue weighted by Gasteiger charge is -2.26. The fourth-order valence-electron chi connectivity index (χ4n) is 3.35. The van der Waals surface area contributed by atoms with Gasteiger partial charge in [0.15, 0.2) is 5.78 Å². The first-order chi connectivity index (χ1) is 15.4. The molecule has 0 aliphatic rings. The number of alkyl carbamates (subject to hydrolysis) is 1. The number of hydrogen-bond acceptors (Lipinski definition) is 5. The number of ether oxygens (including phenoxy) is 1. The van der Waals surface area contributed by atoms with Crippen LogP contribution < -0.4 is 5.32 Å². The van der Waals surface area contributed by atoms with E-state index in [1.165, 1.54) is 6.92 Å². The molecule has 0 aromatic heterocycles. The molecule has 0 saturated carbocycles. The number of carbonyl (C=O) groups excluding carboxylic acids is 2. The van der Waals surface area contributed by atoms with E-state index in [0.717, 1.165) is 22.3 Å². The summed E-state index contributed by atoms with van der Waals surface area (Å²) in [7, 11) is 0. The van der Waals surface area contributed by atoms with Gasteiger partial charge in [-0.15, -0.1) is 0 Å². The molecule has 3 aromatic carbocycles. The zero-order chi connectivity index (χ0) is 22.9. The lowest BCUT2D eigenvalue weighted by molar-refractivity contribution is -0.131. The maximum atomic E-state index is 12.3. The highest BCUT2D eigenvalue weighted by atomic mass is 16.5. The van der Waals surface area contributed by atoms with Crippen LogP contribution in [0.5, 0.6) is 0 Å². The van der Waals surface area contributed by atoms with Gasteiger partial charge in [0.2, 0.25) is 0 Å². The van der Waals surface area contributed by atoms with E-state index in [2.05, 4.69) is 5.32 Å². The topological polar surface area (TPSA) is 95.9 Å². The van der Waals surface area contributed by atoms with E-state index in [-0.39, 0.29) is 13.0 Å². The summed E-state index contributed by atoms with van der Waals surface area (Å²) in [6, 6.07) is 25.8. The van der Waals surface area contributed by atoms with Crippen molar-refractivity contribution in [2.24, 2.45) is 0 Å². The minimum Gasteiger partial charge on any atom is -0.445 e. The second-order valence-corrected chi connectivity index (χ2v) is 7.63. The summed E-state index contributed by atoms with van der Waals surface area (Å²) < 4.78 is 5.24. The van der Waals surface area contributed by atoms with Crippen molar-refractivity contribution in [3.8, 4) is 11.1 Å². The Morgan fingerprint density at radius 3 is 1.97 bits per heavy atom. The van der Waals surface area contributed by atoms with Crippen molar-refractivity contribution >= 4 is 11.9 Å². The third-order valence-electron chi connectivity index (χ3n) is 5.18. The maximum Gasteiger partial charge on any atom is 0.407 e. The minimum atomic E-state index is -1.61. The van der Waals surface area contributed by atoms with Gasteiger partial charge in [0.1, 0.15) is 18.8 Å². The first kappa shape index (κ1) is 23.2. The standard InChI is InChI=1S/C26H27NO5/c1-18(28)24(29)25(30)23(27-26(31)32-17-20-8-4-2-5-9-20)16-19-12-14-22(15-13-19)21-10-6-3-7-11-21/h2-15,23-25,29-30H,16-17H2,1H3,(H,27,31)/t23?,24-,25+/m0/s1. The molecule has 0 spiro atoms. The summed E-state index contributed by atoms with van der Waals surface area (Å²) in [5.74, 6) is -0.582. The van der Waals surface area contributed by atoms with Gasteiger partial charge in [-0.1, -0.05) is 84.9 Å². The molecule has 0 saturated heterocycles. The molecule has 0 aliphatic heterocycles. The van der Waals surface area contributed by atoms with Gasteiger partial charge >= 0.3 is 6.09 Å². The average molecular weight is 434 g/mol. The van der Waals surface area contributed by atoms with Crippen molar-refractivity contribution in [1.29, 1.82) is 0 Å². The fraction of sp³-hybridized carbons (Fsp3) is 0.231. The average Bonchev–Trinajstić information content (AvgIpc) is 2.83. The molecular formula is C26H27NO5. The second kappa shape index (κ2) is 11.2. The molecule has 0 radical (unpaired) electrons. The van der Waals surface area contributed by atoms with Gasteiger partial charge in [0.05, 0.1) is 6.04 Å². The summed E-state index contributed by atoms with van der Waals surface area (Å²) >= 11 is 0. The Morgan fingerprint density at radius 1 is 0.812 bits per heavy atom.